The largest absolute Gasteiger partial charge is 0.234 e. The van der Waals surface area contributed by atoms with Crippen LogP contribution in [0.5, 0.6) is 0 Å². The molecule has 3 heteroatoms. The van der Waals surface area contributed by atoms with Gasteiger partial charge in [0.1, 0.15) is 0 Å². The van der Waals surface area contributed by atoms with E-state index in [1.807, 2.05) is 6.07 Å². The molecule has 2 nitrogen and oxygen atoms in total. The molecule has 1 aromatic carbocycles. The molecular formula is C11H7N2S. The first-order valence-electron chi connectivity index (χ1n) is 4.36. The zero-order valence-electron chi connectivity index (χ0n) is 7.34. The maximum atomic E-state index is 4.18. The zero-order chi connectivity index (χ0) is 9.38. The Morgan fingerprint density at radius 2 is 2.00 bits per heavy atom. The Morgan fingerprint density at radius 1 is 1.07 bits per heavy atom. The summed E-state index contributed by atoms with van der Waals surface area (Å²) in [6.45, 7) is 0. The highest BCUT2D eigenvalue weighted by Gasteiger charge is 2.09. The molecule has 1 aliphatic heterocycles. The lowest BCUT2D eigenvalue weighted by atomic mass is 10.2. The molecule has 3 rings (SSSR count). The highest BCUT2D eigenvalue weighted by Crippen LogP contribution is 2.26. The van der Waals surface area contributed by atoms with Crippen LogP contribution in [0.3, 0.4) is 0 Å². The van der Waals surface area contributed by atoms with Crippen LogP contribution in [0, 0.1) is 0 Å². The number of aliphatic imine (C=N–C) groups is 1. The highest BCUT2D eigenvalue weighted by molar-refractivity contribution is 7.20. The van der Waals surface area contributed by atoms with Crippen LogP contribution < -0.4 is 5.32 Å². The Balaban J connectivity index is 2.15. The Bertz CT molecular complexity index is 504. The Morgan fingerprint density at radius 3 is 2.79 bits per heavy atom. The summed E-state index contributed by atoms with van der Waals surface area (Å²) < 4.78 is 1.28. The number of nitrogens with zero attached hydrogens (tertiary/aromatic N) is 2. The maximum Gasteiger partial charge on any atom is 0.169 e. The van der Waals surface area contributed by atoms with Crippen LogP contribution in [0.1, 0.15) is 4.88 Å². The number of hydrogen-bond donors (Lipinski definition) is 0. The fourth-order valence-electron chi connectivity index (χ4n) is 1.46. The number of rotatable bonds is 1. The Kier molecular flexibility index (Phi) is 1.64. The van der Waals surface area contributed by atoms with E-state index in [0.717, 1.165) is 10.7 Å². The molecule has 0 amide bonds. The summed E-state index contributed by atoms with van der Waals surface area (Å²) in [5, 5.41) is 5.44. The molecule has 0 unspecified atom stereocenters. The second-order valence-electron chi connectivity index (χ2n) is 3.03. The molecule has 0 N–H and O–H groups in total. The van der Waals surface area contributed by atoms with Crippen molar-refractivity contribution >= 4 is 27.3 Å². The van der Waals surface area contributed by atoms with E-state index in [1.165, 1.54) is 10.1 Å². The lowest BCUT2D eigenvalue weighted by molar-refractivity contribution is 1.30. The van der Waals surface area contributed by atoms with E-state index in [9.17, 15) is 0 Å². The molecule has 2 aromatic rings. The van der Waals surface area contributed by atoms with Crippen LogP contribution in [0.2, 0.25) is 0 Å². The lowest BCUT2D eigenvalue weighted by Gasteiger charge is -1.90. The normalized spacial score (nSPS) is 14.4. The zero-order valence-corrected chi connectivity index (χ0v) is 8.16. The van der Waals surface area contributed by atoms with Gasteiger partial charge in [0.15, 0.2) is 5.84 Å². The molecule has 0 aliphatic carbocycles. The van der Waals surface area contributed by atoms with Crippen LogP contribution in [-0.2, 0) is 0 Å². The summed E-state index contributed by atoms with van der Waals surface area (Å²) in [5.74, 6) is 0.825. The SMILES string of the molecule is C1=CN=C(c2cc3ccccc3s2)[N]1. The van der Waals surface area contributed by atoms with E-state index in [0.29, 0.717) is 0 Å². The molecule has 1 aliphatic rings. The number of benzene rings is 1. The van der Waals surface area contributed by atoms with E-state index in [-0.39, 0.29) is 0 Å². The molecule has 2 heterocycles. The van der Waals surface area contributed by atoms with Gasteiger partial charge in [-0.25, -0.2) is 10.3 Å². The molecule has 14 heavy (non-hydrogen) atoms. The van der Waals surface area contributed by atoms with E-state index in [1.54, 1.807) is 23.7 Å². The molecule has 1 aromatic heterocycles. The average molecular weight is 199 g/mol. The predicted molar refractivity (Wildman–Crippen MR) is 59.6 cm³/mol. The summed E-state index contributed by atoms with van der Waals surface area (Å²) in [6.07, 6.45) is 3.44. The van der Waals surface area contributed by atoms with Crippen molar-refractivity contribution in [3.8, 4) is 0 Å². The molecule has 0 spiro atoms. The second-order valence-corrected chi connectivity index (χ2v) is 4.11. The van der Waals surface area contributed by atoms with Gasteiger partial charge in [-0.05, 0) is 17.5 Å². The van der Waals surface area contributed by atoms with Crippen LogP contribution in [0.4, 0.5) is 0 Å². The van der Waals surface area contributed by atoms with Crippen molar-refractivity contribution in [1.82, 2.24) is 5.32 Å². The summed E-state index contributed by atoms with van der Waals surface area (Å²) in [6, 6.07) is 10.5. The topological polar surface area (TPSA) is 26.5 Å². The van der Waals surface area contributed by atoms with Gasteiger partial charge in [-0.2, -0.15) is 0 Å². The standard InChI is InChI=1S/C11H7N2S/c1-2-4-9-8(3-1)7-10(14-9)11-12-5-6-13-11/h1-7H. The van der Waals surface area contributed by atoms with Gasteiger partial charge >= 0.3 is 0 Å². The third-order valence-corrected chi connectivity index (χ3v) is 3.22. The quantitative estimate of drug-likeness (QED) is 0.675. The minimum absolute atomic E-state index is 0.825. The highest BCUT2D eigenvalue weighted by atomic mass is 32.1. The smallest absolute Gasteiger partial charge is 0.169 e. The van der Waals surface area contributed by atoms with Crippen molar-refractivity contribution in [3.63, 3.8) is 0 Å². The van der Waals surface area contributed by atoms with Crippen molar-refractivity contribution < 1.29 is 0 Å². The van der Waals surface area contributed by atoms with Gasteiger partial charge in [0.05, 0.1) is 4.88 Å². The van der Waals surface area contributed by atoms with Crippen molar-refractivity contribution in [2.24, 2.45) is 4.99 Å². The van der Waals surface area contributed by atoms with Crippen LogP contribution in [0.15, 0.2) is 47.7 Å². The van der Waals surface area contributed by atoms with Crippen LogP contribution >= 0.6 is 11.3 Å². The van der Waals surface area contributed by atoms with E-state index < -0.39 is 0 Å². The van der Waals surface area contributed by atoms with Crippen molar-refractivity contribution in [3.05, 3.63) is 47.6 Å². The summed E-state index contributed by atoms with van der Waals surface area (Å²) in [7, 11) is 0. The maximum absolute atomic E-state index is 4.18. The van der Waals surface area contributed by atoms with Crippen molar-refractivity contribution in [1.29, 1.82) is 0 Å². The fraction of sp³-hybridized carbons (Fsp3) is 0. The van der Waals surface area contributed by atoms with E-state index in [4.69, 9.17) is 0 Å². The first-order valence-corrected chi connectivity index (χ1v) is 5.18. The average Bonchev–Trinajstić information content (AvgIpc) is 2.86. The minimum atomic E-state index is 0.825. The summed E-state index contributed by atoms with van der Waals surface area (Å²) in [5.41, 5.74) is 0. The fourth-order valence-corrected chi connectivity index (χ4v) is 2.47. The van der Waals surface area contributed by atoms with Gasteiger partial charge < -0.3 is 0 Å². The predicted octanol–water partition coefficient (Wildman–Crippen LogP) is 2.74. The molecule has 0 saturated carbocycles. The number of amidine groups is 1. The van der Waals surface area contributed by atoms with E-state index >= 15 is 0 Å². The van der Waals surface area contributed by atoms with Crippen LogP contribution in [0.25, 0.3) is 10.1 Å². The molecule has 0 fully saturated rings. The van der Waals surface area contributed by atoms with Crippen molar-refractivity contribution in [2.45, 2.75) is 0 Å². The van der Waals surface area contributed by atoms with Gasteiger partial charge in [-0.1, -0.05) is 18.2 Å². The number of thiophene rings is 1. The summed E-state index contributed by atoms with van der Waals surface area (Å²) >= 11 is 1.73. The Hall–Kier alpha value is -1.61. The first kappa shape index (κ1) is 7.76. The lowest BCUT2D eigenvalue weighted by Crippen LogP contribution is -2.04. The molecule has 0 saturated heterocycles. The monoisotopic (exact) mass is 199 g/mol. The van der Waals surface area contributed by atoms with Gasteiger partial charge in [0.2, 0.25) is 0 Å². The van der Waals surface area contributed by atoms with E-state index in [2.05, 4.69) is 34.6 Å². The van der Waals surface area contributed by atoms with Crippen molar-refractivity contribution in [2.75, 3.05) is 0 Å². The first-order chi connectivity index (χ1) is 6.93. The van der Waals surface area contributed by atoms with Crippen LogP contribution in [-0.4, -0.2) is 5.84 Å². The molecule has 1 radical (unpaired) electrons. The van der Waals surface area contributed by atoms with Gasteiger partial charge in [0, 0.05) is 17.1 Å². The van der Waals surface area contributed by atoms with Gasteiger partial charge in [-0.15, -0.1) is 11.3 Å². The number of fused-ring (bicyclic) bond motifs is 1. The van der Waals surface area contributed by atoms with Gasteiger partial charge in [0.25, 0.3) is 0 Å². The number of hydrogen-bond acceptors (Lipinski definition) is 2. The molecule has 67 valence electrons. The second kappa shape index (κ2) is 2.96. The molecule has 0 atom stereocenters. The third kappa shape index (κ3) is 1.14. The summed E-state index contributed by atoms with van der Waals surface area (Å²) in [4.78, 5) is 5.32. The molecule has 0 bridgehead atoms. The Labute approximate surface area is 85.6 Å². The minimum Gasteiger partial charge on any atom is -0.234 e. The molecular weight excluding hydrogens is 192 g/mol. The third-order valence-electron chi connectivity index (χ3n) is 2.11. The van der Waals surface area contributed by atoms with Gasteiger partial charge in [-0.3, -0.25) is 0 Å².